The summed E-state index contributed by atoms with van der Waals surface area (Å²) in [4.78, 5) is 33.8. The Bertz CT molecular complexity index is 910. The summed E-state index contributed by atoms with van der Waals surface area (Å²) in [5.74, 6) is -2.94. The van der Waals surface area contributed by atoms with Gasteiger partial charge in [0.15, 0.2) is 13.2 Å². The highest BCUT2D eigenvalue weighted by molar-refractivity contribution is 5.96. The fourth-order valence-electron chi connectivity index (χ4n) is 2.12. The first-order valence-electron chi connectivity index (χ1n) is 7.85. The number of aliphatic carboxylic acids is 1. The smallest absolute Gasteiger partial charge is 0.341 e. The van der Waals surface area contributed by atoms with Crippen molar-refractivity contribution in [2.24, 2.45) is 5.73 Å². The standard InChI is InChI=1S/C18H17N3O7/c19-17(20)10-1-4-12(5-2-10)27-8-15(22)21-11-3-6-14(28-9-16(23)24)13(7-11)18(25)26/h1-7H,8-9H2,(H3,19,20)(H,21,22)(H,23,24)(H,25,26). The molecule has 0 aliphatic rings. The van der Waals surface area contributed by atoms with Gasteiger partial charge in [0.2, 0.25) is 0 Å². The Morgan fingerprint density at radius 2 is 1.68 bits per heavy atom. The third-order valence-electron chi connectivity index (χ3n) is 3.38. The van der Waals surface area contributed by atoms with E-state index in [1.54, 1.807) is 24.3 Å². The largest absolute Gasteiger partial charge is 0.484 e. The lowest BCUT2D eigenvalue weighted by Gasteiger charge is -2.11. The molecule has 0 radical (unpaired) electrons. The van der Waals surface area contributed by atoms with Gasteiger partial charge in [0.25, 0.3) is 5.91 Å². The predicted octanol–water partition coefficient (Wildman–Crippen LogP) is 1.15. The van der Waals surface area contributed by atoms with Crippen LogP contribution in [0.1, 0.15) is 15.9 Å². The predicted molar refractivity (Wildman–Crippen MR) is 98.1 cm³/mol. The lowest BCUT2D eigenvalue weighted by atomic mass is 10.1. The summed E-state index contributed by atoms with van der Waals surface area (Å²) in [6, 6.07) is 10.0. The van der Waals surface area contributed by atoms with Gasteiger partial charge in [-0.3, -0.25) is 10.2 Å². The molecule has 146 valence electrons. The van der Waals surface area contributed by atoms with E-state index < -0.39 is 24.5 Å². The molecule has 0 fully saturated rings. The maximum Gasteiger partial charge on any atom is 0.341 e. The van der Waals surface area contributed by atoms with Crippen LogP contribution in [-0.4, -0.2) is 47.1 Å². The van der Waals surface area contributed by atoms with E-state index in [9.17, 15) is 19.5 Å². The van der Waals surface area contributed by atoms with Crippen molar-refractivity contribution >= 4 is 29.4 Å². The first-order valence-corrected chi connectivity index (χ1v) is 7.85. The van der Waals surface area contributed by atoms with Crippen molar-refractivity contribution in [1.29, 1.82) is 5.41 Å². The number of carbonyl (C=O) groups is 3. The quantitative estimate of drug-likeness (QED) is 0.315. The molecule has 0 unspecified atom stereocenters. The summed E-state index contributed by atoms with van der Waals surface area (Å²) in [6.45, 7) is -1.03. The molecule has 0 bridgehead atoms. The normalized spacial score (nSPS) is 10.0. The van der Waals surface area contributed by atoms with Crippen LogP contribution in [0.25, 0.3) is 0 Å². The molecule has 10 heteroatoms. The van der Waals surface area contributed by atoms with Crippen LogP contribution in [0.3, 0.4) is 0 Å². The van der Waals surface area contributed by atoms with Gasteiger partial charge in [-0.2, -0.15) is 0 Å². The van der Waals surface area contributed by atoms with Gasteiger partial charge < -0.3 is 30.7 Å². The zero-order valence-corrected chi connectivity index (χ0v) is 14.5. The van der Waals surface area contributed by atoms with Crippen LogP contribution in [0.2, 0.25) is 0 Å². The van der Waals surface area contributed by atoms with Crippen molar-refractivity contribution in [3.8, 4) is 11.5 Å². The molecule has 0 aromatic heterocycles. The van der Waals surface area contributed by atoms with Gasteiger partial charge in [-0.25, -0.2) is 9.59 Å². The number of hydrogen-bond donors (Lipinski definition) is 5. The van der Waals surface area contributed by atoms with Crippen molar-refractivity contribution < 1.29 is 34.1 Å². The van der Waals surface area contributed by atoms with E-state index in [0.717, 1.165) is 6.07 Å². The number of nitrogen functional groups attached to an aromatic ring is 1. The topological polar surface area (TPSA) is 172 Å². The highest BCUT2D eigenvalue weighted by atomic mass is 16.5. The summed E-state index contributed by atoms with van der Waals surface area (Å²) in [7, 11) is 0. The first-order chi connectivity index (χ1) is 13.3. The second kappa shape index (κ2) is 9.03. The molecule has 6 N–H and O–H groups in total. The maximum absolute atomic E-state index is 12.0. The number of carbonyl (C=O) groups excluding carboxylic acids is 1. The molecular formula is C18H17N3O7. The van der Waals surface area contributed by atoms with Gasteiger partial charge in [-0.1, -0.05) is 0 Å². The van der Waals surface area contributed by atoms with E-state index >= 15 is 0 Å². The molecule has 2 aromatic carbocycles. The van der Waals surface area contributed by atoms with E-state index in [2.05, 4.69) is 5.32 Å². The lowest BCUT2D eigenvalue weighted by Crippen LogP contribution is -2.20. The van der Waals surface area contributed by atoms with Gasteiger partial charge in [0.1, 0.15) is 22.9 Å². The number of amidine groups is 1. The fourth-order valence-corrected chi connectivity index (χ4v) is 2.12. The molecular weight excluding hydrogens is 370 g/mol. The molecule has 0 aliphatic heterocycles. The van der Waals surface area contributed by atoms with Crippen molar-refractivity contribution in [2.75, 3.05) is 18.5 Å². The van der Waals surface area contributed by atoms with Gasteiger partial charge in [-0.15, -0.1) is 0 Å². The Hall–Kier alpha value is -4.08. The van der Waals surface area contributed by atoms with E-state index in [1.807, 2.05) is 0 Å². The second-order valence-electron chi connectivity index (χ2n) is 5.47. The number of amides is 1. The minimum atomic E-state index is -1.33. The number of carboxylic acids is 2. The Morgan fingerprint density at radius 3 is 2.25 bits per heavy atom. The zero-order valence-electron chi connectivity index (χ0n) is 14.5. The number of hydrogen-bond acceptors (Lipinski definition) is 6. The third kappa shape index (κ3) is 5.73. The maximum atomic E-state index is 12.0. The molecule has 2 rings (SSSR count). The number of ether oxygens (including phenoxy) is 2. The average Bonchev–Trinajstić information content (AvgIpc) is 2.65. The average molecular weight is 387 g/mol. The molecule has 0 heterocycles. The van der Waals surface area contributed by atoms with E-state index in [0.29, 0.717) is 11.3 Å². The number of rotatable bonds is 9. The fraction of sp³-hybridized carbons (Fsp3) is 0.111. The molecule has 0 saturated carbocycles. The summed E-state index contributed by atoms with van der Waals surface area (Å²) in [5.41, 5.74) is 5.75. The van der Waals surface area contributed by atoms with Crippen molar-refractivity contribution in [3.05, 3.63) is 53.6 Å². The summed E-state index contributed by atoms with van der Waals surface area (Å²) < 4.78 is 10.2. The minimum Gasteiger partial charge on any atom is -0.484 e. The van der Waals surface area contributed by atoms with Gasteiger partial charge in [0, 0.05) is 11.3 Å². The van der Waals surface area contributed by atoms with E-state index in [-0.39, 0.29) is 29.4 Å². The highest BCUT2D eigenvalue weighted by Gasteiger charge is 2.15. The van der Waals surface area contributed by atoms with Crippen molar-refractivity contribution in [1.82, 2.24) is 0 Å². The molecule has 0 atom stereocenters. The Kier molecular flexibility index (Phi) is 6.53. The molecule has 1 amide bonds. The van der Waals surface area contributed by atoms with Gasteiger partial charge in [0.05, 0.1) is 0 Å². The number of nitrogens with one attached hydrogen (secondary N) is 2. The van der Waals surface area contributed by atoms with Crippen LogP contribution in [0.5, 0.6) is 11.5 Å². The number of aromatic carboxylic acids is 1. The van der Waals surface area contributed by atoms with Crippen LogP contribution in [0.4, 0.5) is 5.69 Å². The molecule has 0 saturated heterocycles. The lowest BCUT2D eigenvalue weighted by molar-refractivity contribution is -0.139. The van der Waals surface area contributed by atoms with Crippen molar-refractivity contribution in [3.63, 3.8) is 0 Å². The highest BCUT2D eigenvalue weighted by Crippen LogP contribution is 2.23. The minimum absolute atomic E-state index is 0.0886. The van der Waals surface area contributed by atoms with E-state index in [4.69, 9.17) is 25.7 Å². The Labute approximate surface area is 159 Å². The number of benzene rings is 2. The van der Waals surface area contributed by atoms with Crippen LogP contribution in [-0.2, 0) is 9.59 Å². The summed E-state index contributed by atoms with van der Waals surface area (Å²) >= 11 is 0. The molecule has 10 nitrogen and oxygen atoms in total. The Balaban J connectivity index is 1.98. The number of anilines is 1. The van der Waals surface area contributed by atoms with Crippen LogP contribution < -0.4 is 20.5 Å². The number of carboxylic acid groups (broad SMARTS) is 2. The van der Waals surface area contributed by atoms with Gasteiger partial charge >= 0.3 is 11.9 Å². The SMILES string of the molecule is N=C(N)c1ccc(OCC(=O)Nc2ccc(OCC(=O)O)c(C(=O)O)c2)cc1. The molecule has 0 spiro atoms. The van der Waals surface area contributed by atoms with E-state index in [1.165, 1.54) is 12.1 Å². The van der Waals surface area contributed by atoms with Crippen LogP contribution in [0.15, 0.2) is 42.5 Å². The Morgan fingerprint density at radius 1 is 1.00 bits per heavy atom. The van der Waals surface area contributed by atoms with Gasteiger partial charge in [-0.05, 0) is 42.5 Å². The van der Waals surface area contributed by atoms with Crippen LogP contribution >= 0.6 is 0 Å². The third-order valence-corrected chi connectivity index (χ3v) is 3.38. The van der Waals surface area contributed by atoms with Crippen molar-refractivity contribution in [2.45, 2.75) is 0 Å². The summed E-state index contributed by atoms with van der Waals surface area (Å²) in [6.07, 6.45) is 0. The van der Waals surface area contributed by atoms with Crippen LogP contribution in [0, 0.1) is 5.41 Å². The monoisotopic (exact) mass is 387 g/mol. The number of nitrogens with two attached hydrogens (primary N) is 1. The zero-order chi connectivity index (χ0) is 20.7. The second-order valence-corrected chi connectivity index (χ2v) is 5.47. The summed E-state index contributed by atoms with van der Waals surface area (Å²) in [5, 5.41) is 27.6. The molecule has 0 aliphatic carbocycles. The first kappa shape index (κ1) is 20.2. The molecule has 2 aromatic rings. The molecule has 28 heavy (non-hydrogen) atoms.